The van der Waals surface area contributed by atoms with Gasteiger partial charge in [-0.25, -0.2) is 0 Å². The Morgan fingerprint density at radius 1 is 1.53 bits per heavy atom. The van der Waals surface area contributed by atoms with Gasteiger partial charge in [0.1, 0.15) is 0 Å². The highest BCUT2D eigenvalue weighted by Gasteiger charge is 2.45. The van der Waals surface area contributed by atoms with Crippen molar-refractivity contribution in [2.75, 3.05) is 7.05 Å². The zero-order valence-corrected chi connectivity index (χ0v) is 13.1. The summed E-state index contributed by atoms with van der Waals surface area (Å²) in [6.45, 7) is 8.75. The monoisotopic (exact) mass is 263 g/mol. The van der Waals surface area contributed by atoms with E-state index in [2.05, 4.69) is 43.9 Å². The first kappa shape index (κ1) is 16.2. The molecule has 3 nitrogen and oxygen atoms in total. The van der Waals surface area contributed by atoms with Crippen molar-refractivity contribution in [2.24, 2.45) is 17.1 Å². The van der Waals surface area contributed by atoms with Gasteiger partial charge < -0.3 is 5.73 Å². The summed E-state index contributed by atoms with van der Waals surface area (Å²) in [5.74, 6) is 0.394. The van der Waals surface area contributed by atoms with Crippen LogP contribution in [0.5, 0.6) is 0 Å². The summed E-state index contributed by atoms with van der Waals surface area (Å²) in [5.41, 5.74) is 6.69. The van der Waals surface area contributed by atoms with E-state index in [1.54, 1.807) is 0 Å². The number of hydrogen-bond donors (Lipinski definition) is 1. The van der Waals surface area contributed by atoms with Crippen molar-refractivity contribution in [3.63, 3.8) is 0 Å². The highest BCUT2D eigenvalue weighted by Crippen LogP contribution is 2.38. The molecule has 4 atom stereocenters. The van der Waals surface area contributed by atoms with Crippen LogP contribution in [0.25, 0.3) is 0 Å². The Morgan fingerprint density at radius 2 is 2.16 bits per heavy atom. The van der Waals surface area contributed by atoms with Crippen LogP contribution in [-0.2, 0) is 0 Å². The van der Waals surface area contributed by atoms with Crippen molar-refractivity contribution < 1.29 is 0 Å². The fourth-order valence-corrected chi connectivity index (χ4v) is 3.45. The average Bonchev–Trinajstić information content (AvgIpc) is 2.65. The van der Waals surface area contributed by atoms with E-state index in [1.807, 2.05) is 14.0 Å². The summed E-state index contributed by atoms with van der Waals surface area (Å²) >= 11 is 0. The molecule has 0 aromatic heterocycles. The number of allylic oxidation sites excluding steroid dienone is 1. The van der Waals surface area contributed by atoms with Crippen molar-refractivity contribution in [3.05, 3.63) is 12.2 Å². The first-order chi connectivity index (χ1) is 8.88. The molecule has 1 heterocycles. The molecule has 0 spiro atoms. The number of hydrogen-bond acceptors (Lipinski definition) is 3. The van der Waals surface area contributed by atoms with Crippen LogP contribution >= 0.6 is 0 Å². The van der Waals surface area contributed by atoms with E-state index in [-0.39, 0.29) is 23.5 Å². The van der Waals surface area contributed by atoms with Gasteiger partial charge in [-0.15, -0.1) is 0 Å². The topological polar surface area (TPSA) is 53.0 Å². The lowest BCUT2D eigenvalue weighted by Gasteiger charge is -2.40. The first-order valence-electron chi connectivity index (χ1n) is 7.39. The molecule has 0 bridgehead atoms. The molecule has 0 aliphatic carbocycles. The molecule has 19 heavy (non-hydrogen) atoms. The predicted molar refractivity (Wildman–Crippen MR) is 80.5 cm³/mol. The van der Waals surface area contributed by atoms with Crippen molar-refractivity contribution in [3.8, 4) is 6.07 Å². The lowest BCUT2D eigenvalue weighted by Crippen LogP contribution is -2.54. The molecule has 108 valence electrons. The van der Waals surface area contributed by atoms with Crippen LogP contribution in [0.3, 0.4) is 0 Å². The Kier molecular flexibility index (Phi) is 5.58. The van der Waals surface area contributed by atoms with E-state index in [9.17, 15) is 5.26 Å². The van der Waals surface area contributed by atoms with E-state index < -0.39 is 0 Å². The first-order valence-corrected chi connectivity index (χ1v) is 7.39. The van der Waals surface area contributed by atoms with Gasteiger partial charge in [0.25, 0.3) is 0 Å². The highest BCUT2D eigenvalue weighted by atomic mass is 15.2. The minimum Gasteiger partial charge on any atom is -0.326 e. The molecule has 1 aliphatic heterocycles. The summed E-state index contributed by atoms with van der Waals surface area (Å²) in [7, 11) is 2.05. The van der Waals surface area contributed by atoms with E-state index in [0.717, 1.165) is 19.3 Å². The van der Waals surface area contributed by atoms with Crippen LogP contribution in [0.15, 0.2) is 12.2 Å². The molecule has 0 amide bonds. The van der Waals surface area contributed by atoms with Crippen molar-refractivity contribution in [2.45, 2.75) is 65.1 Å². The minimum atomic E-state index is -0.00493. The molecule has 1 aliphatic rings. The van der Waals surface area contributed by atoms with Crippen LogP contribution in [0.1, 0.15) is 47.0 Å². The number of nitriles is 1. The smallest absolute Gasteiger partial charge is 0.0984 e. The van der Waals surface area contributed by atoms with E-state index in [1.165, 1.54) is 0 Å². The van der Waals surface area contributed by atoms with Gasteiger partial charge in [-0.05, 0) is 38.1 Å². The van der Waals surface area contributed by atoms with Crippen LogP contribution in [0.4, 0.5) is 0 Å². The van der Waals surface area contributed by atoms with Crippen molar-refractivity contribution in [1.82, 2.24) is 4.90 Å². The van der Waals surface area contributed by atoms with E-state index in [0.29, 0.717) is 5.92 Å². The third kappa shape index (κ3) is 3.38. The Balaban J connectivity index is 2.97. The summed E-state index contributed by atoms with van der Waals surface area (Å²) < 4.78 is 0. The van der Waals surface area contributed by atoms with Gasteiger partial charge in [-0.1, -0.05) is 39.3 Å². The van der Waals surface area contributed by atoms with E-state index >= 15 is 0 Å². The molecule has 1 rings (SSSR count). The molecule has 1 fully saturated rings. The molecule has 0 radical (unpaired) electrons. The van der Waals surface area contributed by atoms with E-state index in [4.69, 9.17) is 5.73 Å². The average molecular weight is 263 g/mol. The van der Waals surface area contributed by atoms with Crippen molar-refractivity contribution >= 4 is 0 Å². The van der Waals surface area contributed by atoms with Gasteiger partial charge in [0.15, 0.2) is 0 Å². The minimum absolute atomic E-state index is 0.00493. The normalized spacial score (nSPS) is 30.7. The van der Waals surface area contributed by atoms with Crippen LogP contribution in [-0.4, -0.2) is 30.1 Å². The molecule has 1 saturated heterocycles. The third-order valence-corrected chi connectivity index (χ3v) is 4.65. The standard InChI is InChI=1S/C16H29N3/c1-6-8-12-10-13(11-17)19(5)14(12)15(18)16(3,4)9-7-2/h6,8,12-15H,7,9-10,18H2,1-5H3/b8-6-/t12-,13-,14-,15-/m1/s1. The summed E-state index contributed by atoms with van der Waals surface area (Å²) in [6.07, 6.45) is 7.48. The summed E-state index contributed by atoms with van der Waals surface area (Å²) in [6, 6.07) is 2.76. The molecular formula is C16H29N3. The SMILES string of the molecule is C/C=C\[C@@H]1C[C@H](C#N)N(C)[C@H]1[C@@H](N)C(C)(C)CCC. The number of nitrogens with two attached hydrogens (primary N) is 1. The zero-order chi connectivity index (χ0) is 14.6. The van der Waals surface area contributed by atoms with Crippen LogP contribution in [0, 0.1) is 22.7 Å². The number of likely N-dealkylation sites (tertiary alicyclic amines) is 1. The molecule has 2 N–H and O–H groups in total. The summed E-state index contributed by atoms with van der Waals surface area (Å²) in [5, 5.41) is 9.27. The zero-order valence-electron chi connectivity index (χ0n) is 13.1. The highest BCUT2D eigenvalue weighted by molar-refractivity contribution is 5.12. The fraction of sp³-hybridized carbons (Fsp3) is 0.812. The fourth-order valence-electron chi connectivity index (χ4n) is 3.45. The Hall–Kier alpha value is -0.850. The lowest BCUT2D eigenvalue weighted by atomic mass is 9.74. The second kappa shape index (κ2) is 6.54. The number of likely N-dealkylation sites (N-methyl/N-ethyl adjacent to an activating group) is 1. The second-order valence-corrected chi connectivity index (χ2v) is 6.49. The molecule has 0 aromatic rings. The third-order valence-electron chi connectivity index (χ3n) is 4.65. The van der Waals surface area contributed by atoms with Gasteiger partial charge in [-0.2, -0.15) is 5.26 Å². The van der Waals surface area contributed by atoms with Crippen LogP contribution < -0.4 is 5.73 Å². The number of nitrogens with zero attached hydrogens (tertiary/aromatic N) is 2. The second-order valence-electron chi connectivity index (χ2n) is 6.49. The lowest BCUT2D eigenvalue weighted by molar-refractivity contribution is 0.136. The number of rotatable bonds is 5. The quantitative estimate of drug-likeness (QED) is 0.776. The Labute approximate surface area is 118 Å². The predicted octanol–water partition coefficient (Wildman–Crippen LogP) is 2.93. The largest absolute Gasteiger partial charge is 0.326 e. The van der Waals surface area contributed by atoms with Gasteiger partial charge in [-0.3, -0.25) is 4.90 Å². The maximum absolute atomic E-state index is 9.27. The summed E-state index contributed by atoms with van der Waals surface area (Å²) in [4.78, 5) is 2.19. The molecule has 0 saturated carbocycles. The molecule has 0 aromatic carbocycles. The Morgan fingerprint density at radius 3 is 2.63 bits per heavy atom. The molecule has 3 heteroatoms. The van der Waals surface area contributed by atoms with Gasteiger partial charge in [0, 0.05) is 12.1 Å². The maximum atomic E-state index is 9.27. The van der Waals surface area contributed by atoms with Crippen molar-refractivity contribution in [1.29, 1.82) is 5.26 Å². The molecule has 0 unspecified atom stereocenters. The maximum Gasteiger partial charge on any atom is 0.0984 e. The van der Waals surface area contributed by atoms with Gasteiger partial charge in [0.2, 0.25) is 0 Å². The van der Waals surface area contributed by atoms with Crippen LogP contribution in [0.2, 0.25) is 0 Å². The van der Waals surface area contributed by atoms with Gasteiger partial charge in [0.05, 0.1) is 12.1 Å². The Bertz CT molecular complexity index is 353. The van der Waals surface area contributed by atoms with Gasteiger partial charge >= 0.3 is 0 Å². The molecular weight excluding hydrogens is 234 g/mol.